The molecule has 0 amide bonds. The van der Waals surface area contributed by atoms with E-state index in [0.717, 1.165) is 0 Å². The van der Waals surface area contributed by atoms with Gasteiger partial charge in [0, 0.05) is 19.3 Å². The SMILES string of the molecule is CC(C)C(C)(C)CNS(=O)(=O)c1cccnc1CN. The number of sulfonamides is 1. The van der Waals surface area contributed by atoms with Gasteiger partial charge >= 0.3 is 0 Å². The van der Waals surface area contributed by atoms with Gasteiger partial charge in [0.05, 0.1) is 5.69 Å². The third kappa shape index (κ3) is 3.99. The highest BCUT2D eigenvalue weighted by Crippen LogP contribution is 2.25. The lowest BCUT2D eigenvalue weighted by molar-refractivity contribution is 0.252. The average Bonchev–Trinajstić information content (AvgIpc) is 2.36. The van der Waals surface area contributed by atoms with Gasteiger partial charge in [0.25, 0.3) is 0 Å². The van der Waals surface area contributed by atoms with Crippen LogP contribution in [0.5, 0.6) is 0 Å². The highest BCUT2D eigenvalue weighted by molar-refractivity contribution is 7.89. The molecule has 19 heavy (non-hydrogen) atoms. The van der Waals surface area contributed by atoms with Gasteiger partial charge in [-0.25, -0.2) is 13.1 Å². The molecular weight excluding hydrogens is 262 g/mol. The molecular formula is C13H23N3O2S. The van der Waals surface area contributed by atoms with E-state index < -0.39 is 10.0 Å². The largest absolute Gasteiger partial charge is 0.325 e. The van der Waals surface area contributed by atoms with E-state index in [1.54, 1.807) is 12.3 Å². The molecule has 0 atom stereocenters. The first-order valence-electron chi connectivity index (χ1n) is 6.34. The molecule has 0 aliphatic carbocycles. The molecule has 108 valence electrons. The highest BCUT2D eigenvalue weighted by atomic mass is 32.2. The van der Waals surface area contributed by atoms with E-state index in [0.29, 0.717) is 18.2 Å². The Morgan fingerprint density at radius 3 is 2.58 bits per heavy atom. The molecule has 0 saturated heterocycles. The third-order valence-corrected chi connectivity index (χ3v) is 5.09. The highest BCUT2D eigenvalue weighted by Gasteiger charge is 2.26. The summed E-state index contributed by atoms with van der Waals surface area (Å²) in [6, 6.07) is 3.13. The van der Waals surface area contributed by atoms with Gasteiger partial charge in [-0.1, -0.05) is 27.7 Å². The van der Waals surface area contributed by atoms with E-state index in [4.69, 9.17) is 5.73 Å². The van der Waals surface area contributed by atoms with Crippen LogP contribution < -0.4 is 10.5 Å². The summed E-state index contributed by atoms with van der Waals surface area (Å²) in [6.07, 6.45) is 1.54. The standard InChI is InChI=1S/C13H23N3O2S/c1-10(2)13(3,4)9-16-19(17,18)12-6-5-7-15-11(12)8-14/h5-7,10,16H,8-9,14H2,1-4H3. The quantitative estimate of drug-likeness (QED) is 0.829. The van der Waals surface area contributed by atoms with Crippen LogP contribution in [0.1, 0.15) is 33.4 Å². The summed E-state index contributed by atoms with van der Waals surface area (Å²) in [6.45, 7) is 8.70. The Hall–Kier alpha value is -0.980. The Labute approximate surface area is 115 Å². The first kappa shape index (κ1) is 16.1. The lowest BCUT2D eigenvalue weighted by Gasteiger charge is -2.29. The maximum absolute atomic E-state index is 12.3. The van der Waals surface area contributed by atoms with Crippen LogP contribution in [0.4, 0.5) is 0 Å². The summed E-state index contributed by atoms with van der Waals surface area (Å²) >= 11 is 0. The predicted octanol–water partition coefficient (Wildman–Crippen LogP) is 1.50. The normalized spacial score (nSPS) is 12.9. The van der Waals surface area contributed by atoms with E-state index in [-0.39, 0.29) is 16.9 Å². The summed E-state index contributed by atoms with van der Waals surface area (Å²) in [4.78, 5) is 4.16. The fraction of sp³-hybridized carbons (Fsp3) is 0.615. The molecule has 1 rings (SSSR count). The van der Waals surface area contributed by atoms with Gasteiger partial charge in [-0.05, 0) is 23.5 Å². The van der Waals surface area contributed by atoms with E-state index in [1.807, 2.05) is 13.8 Å². The minimum atomic E-state index is -3.56. The molecule has 1 aromatic rings. The molecule has 6 heteroatoms. The van der Waals surface area contributed by atoms with Crippen LogP contribution in [0.3, 0.4) is 0 Å². The molecule has 1 heterocycles. The first-order valence-corrected chi connectivity index (χ1v) is 7.82. The summed E-state index contributed by atoms with van der Waals surface area (Å²) in [5.41, 5.74) is 5.80. The molecule has 0 radical (unpaired) electrons. The smallest absolute Gasteiger partial charge is 0.242 e. The number of nitrogens with one attached hydrogen (secondary N) is 1. The average molecular weight is 285 g/mol. The summed E-state index contributed by atoms with van der Waals surface area (Å²) in [5.74, 6) is 0.373. The first-order chi connectivity index (χ1) is 8.70. The van der Waals surface area contributed by atoms with E-state index >= 15 is 0 Å². The van der Waals surface area contributed by atoms with Gasteiger partial charge in [-0.2, -0.15) is 0 Å². The molecule has 3 N–H and O–H groups in total. The van der Waals surface area contributed by atoms with Crippen LogP contribution in [0.2, 0.25) is 0 Å². The fourth-order valence-electron chi connectivity index (χ4n) is 1.38. The van der Waals surface area contributed by atoms with Gasteiger partial charge in [0.15, 0.2) is 0 Å². The van der Waals surface area contributed by atoms with E-state index in [1.165, 1.54) is 6.07 Å². The van der Waals surface area contributed by atoms with E-state index in [2.05, 4.69) is 23.6 Å². The summed E-state index contributed by atoms with van der Waals surface area (Å²) in [5, 5.41) is 0. The Morgan fingerprint density at radius 1 is 1.42 bits per heavy atom. The van der Waals surface area contributed by atoms with Crippen LogP contribution in [0.25, 0.3) is 0 Å². The number of hydrogen-bond acceptors (Lipinski definition) is 4. The van der Waals surface area contributed by atoms with Crippen molar-refractivity contribution in [3.63, 3.8) is 0 Å². The van der Waals surface area contributed by atoms with Crippen molar-refractivity contribution < 1.29 is 8.42 Å². The Balaban J connectivity index is 2.94. The van der Waals surface area contributed by atoms with Gasteiger partial charge in [0.2, 0.25) is 10.0 Å². The topological polar surface area (TPSA) is 85.1 Å². The second kappa shape index (κ2) is 5.98. The predicted molar refractivity (Wildman–Crippen MR) is 75.9 cm³/mol. The van der Waals surface area contributed by atoms with Crippen LogP contribution in [0, 0.1) is 11.3 Å². The van der Waals surface area contributed by atoms with Crippen molar-refractivity contribution in [3.05, 3.63) is 24.0 Å². The van der Waals surface area contributed by atoms with Crippen molar-refractivity contribution in [1.82, 2.24) is 9.71 Å². The maximum Gasteiger partial charge on any atom is 0.242 e. The third-order valence-electron chi connectivity index (χ3n) is 3.61. The molecule has 0 spiro atoms. The molecule has 0 saturated carbocycles. The van der Waals surface area contributed by atoms with Crippen molar-refractivity contribution in [1.29, 1.82) is 0 Å². The number of aromatic nitrogens is 1. The molecule has 0 aliphatic rings. The molecule has 0 fully saturated rings. The lowest BCUT2D eigenvalue weighted by atomic mass is 9.81. The van der Waals surface area contributed by atoms with Gasteiger partial charge < -0.3 is 5.73 Å². The maximum atomic E-state index is 12.3. The number of pyridine rings is 1. The van der Waals surface area contributed by atoms with Crippen molar-refractivity contribution in [2.75, 3.05) is 6.54 Å². The summed E-state index contributed by atoms with van der Waals surface area (Å²) < 4.78 is 27.2. The van der Waals surface area contributed by atoms with Gasteiger partial charge in [0.1, 0.15) is 4.90 Å². The number of hydrogen-bond donors (Lipinski definition) is 2. The minimum absolute atomic E-state index is 0.102. The zero-order chi connectivity index (χ0) is 14.7. The summed E-state index contributed by atoms with van der Waals surface area (Å²) in [7, 11) is -3.56. The van der Waals surface area contributed by atoms with Gasteiger partial charge in [-0.15, -0.1) is 0 Å². The molecule has 1 aromatic heterocycles. The number of nitrogens with two attached hydrogens (primary N) is 1. The zero-order valence-corrected chi connectivity index (χ0v) is 12.8. The number of rotatable bonds is 6. The second-order valence-corrected chi connectivity index (χ2v) is 7.36. The van der Waals surface area contributed by atoms with Crippen LogP contribution in [0.15, 0.2) is 23.2 Å². The Bertz CT molecular complexity index is 524. The zero-order valence-electron chi connectivity index (χ0n) is 12.0. The van der Waals surface area contributed by atoms with Crippen LogP contribution in [-0.2, 0) is 16.6 Å². The lowest BCUT2D eigenvalue weighted by Crippen LogP contribution is -2.37. The fourth-order valence-corrected chi connectivity index (χ4v) is 2.81. The van der Waals surface area contributed by atoms with Gasteiger partial charge in [-0.3, -0.25) is 4.98 Å². The van der Waals surface area contributed by atoms with E-state index in [9.17, 15) is 8.42 Å². The van der Waals surface area contributed by atoms with Crippen molar-refractivity contribution in [2.24, 2.45) is 17.1 Å². The van der Waals surface area contributed by atoms with Crippen molar-refractivity contribution >= 4 is 10.0 Å². The molecule has 0 aliphatic heterocycles. The minimum Gasteiger partial charge on any atom is -0.325 e. The van der Waals surface area contributed by atoms with Crippen molar-refractivity contribution in [3.8, 4) is 0 Å². The van der Waals surface area contributed by atoms with Crippen LogP contribution >= 0.6 is 0 Å². The molecule has 0 unspecified atom stereocenters. The number of nitrogens with zero attached hydrogens (tertiary/aromatic N) is 1. The monoisotopic (exact) mass is 285 g/mol. The Kier molecular flexibility index (Phi) is 5.06. The second-order valence-electron chi connectivity index (χ2n) is 5.62. The van der Waals surface area contributed by atoms with Crippen LogP contribution in [-0.4, -0.2) is 19.9 Å². The van der Waals surface area contributed by atoms with Crippen molar-refractivity contribution in [2.45, 2.75) is 39.1 Å². The Morgan fingerprint density at radius 2 is 2.05 bits per heavy atom. The molecule has 5 nitrogen and oxygen atoms in total. The molecule has 0 bridgehead atoms. The molecule has 0 aromatic carbocycles.